The van der Waals surface area contributed by atoms with E-state index < -0.39 is 5.92 Å². The average molecular weight is 727 g/mol. The molecule has 0 bridgehead atoms. The van der Waals surface area contributed by atoms with Crippen LogP contribution in [0, 0.1) is 19.8 Å². The molecule has 53 heavy (non-hydrogen) atoms. The molecule has 0 saturated carbocycles. The smallest absolute Gasteiger partial charge is 0.230 e. The maximum atomic E-state index is 11.8. The number of amides is 2. The monoisotopic (exact) mass is 726 g/mol. The van der Waals surface area contributed by atoms with Crippen molar-refractivity contribution in [1.82, 2.24) is 30.2 Å². The van der Waals surface area contributed by atoms with E-state index in [0.717, 1.165) is 51.1 Å². The summed E-state index contributed by atoms with van der Waals surface area (Å²) in [7, 11) is 5.13. The highest BCUT2D eigenvalue weighted by atomic mass is 16.2. The normalized spacial score (nSPS) is 10.7. The highest BCUT2D eigenvalue weighted by Gasteiger charge is 2.25. The number of nitrogens with one attached hydrogen (secondary N) is 2. The summed E-state index contributed by atoms with van der Waals surface area (Å²) in [5, 5.41) is 5.13. The fourth-order valence-corrected chi connectivity index (χ4v) is 5.20. The van der Waals surface area contributed by atoms with Gasteiger partial charge in [0.15, 0.2) is 0 Å². The lowest BCUT2D eigenvalue weighted by molar-refractivity contribution is -0.133. The second-order valence-corrected chi connectivity index (χ2v) is 12.5. The molecular weight excluding hydrogens is 668 g/mol. The minimum atomic E-state index is -0.665. The SMILES string of the molecule is C=Cc1cc(C)nc(CC(C(=O)CC)C(=O)NC)c1.C=Cc1cc(CCC(C)=O)nc(CCC(=O)CC)c1.C=Cc1nc(CCC(=O)NC)c(C)n1C. The molecule has 1 atom stereocenters. The van der Waals surface area contributed by atoms with Crippen LogP contribution in [0.4, 0.5) is 0 Å². The van der Waals surface area contributed by atoms with Gasteiger partial charge in [-0.05, 0) is 75.1 Å². The fraction of sp³-hybridized carbons (Fsp3) is 0.429. The van der Waals surface area contributed by atoms with Gasteiger partial charge < -0.3 is 20.0 Å². The van der Waals surface area contributed by atoms with Crippen LogP contribution in [0.2, 0.25) is 0 Å². The number of Topliss-reactive ketones (excluding diaryl/α,β-unsaturated/α-hetero) is 3. The summed E-state index contributed by atoms with van der Waals surface area (Å²) >= 11 is 0. The topological polar surface area (TPSA) is 153 Å². The van der Waals surface area contributed by atoms with E-state index in [-0.39, 0.29) is 29.2 Å². The van der Waals surface area contributed by atoms with Crippen molar-refractivity contribution in [2.24, 2.45) is 13.0 Å². The molecule has 286 valence electrons. The Hall–Kier alpha value is -5.32. The van der Waals surface area contributed by atoms with Crippen LogP contribution in [0.3, 0.4) is 0 Å². The number of pyridine rings is 2. The fourth-order valence-electron chi connectivity index (χ4n) is 5.20. The van der Waals surface area contributed by atoms with Gasteiger partial charge in [-0.25, -0.2) is 4.98 Å². The molecule has 0 saturated heterocycles. The first-order valence-electron chi connectivity index (χ1n) is 18.0. The maximum Gasteiger partial charge on any atom is 0.230 e. The Kier molecular flexibility index (Phi) is 20.7. The van der Waals surface area contributed by atoms with Gasteiger partial charge >= 0.3 is 0 Å². The second-order valence-electron chi connectivity index (χ2n) is 12.5. The van der Waals surface area contributed by atoms with E-state index in [4.69, 9.17) is 0 Å². The summed E-state index contributed by atoms with van der Waals surface area (Å²) < 4.78 is 1.98. The molecule has 3 aromatic heterocycles. The molecule has 0 fully saturated rings. The number of aryl methyl sites for hydroxylation is 4. The summed E-state index contributed by atoms with van der Waals surface area (Å²) in [4.78, 5) is 70.4. The number of ketones is 3. The van der Waals surface area contributed by atoms with E-state index in [1.807, 2.05) is 56.7 Å². The zero-order valence-electron chi connectivity index (χ0n) is 32.9. The van der Waals surface area contributed by atoms with E-state index in [1.165, 1.54) is 7.05 Å². The Morgan fingerprint density at radius 1 is 0.755 bits per heavy atom. The molecule has 11 heteroatoms. The van der Waals surface area contributed by atoms with Crippen molar-refractivity contribution in [3.63, 3.8) is 0 Å². The number of aromatic nitrogens is 4. The van der Waals surface area contributed by atoms with Crippen molar-refractivity contribution in [1.29, 1.82) is 0 Å². The molecule has 2 amide bonds. The minimum absolute atomic E-state index is 0.0419. The van der Waals surface area contributed by atoms with Crippen molar-refractivity contribution >= 4 is 47.4 Å². The Balaban J connectivity index is 0.000000401. The lowest BCUT2D eigenvalue weighted by Gasteiger charge is -2.13. The van der Waals surface area contributed by atoms with E-state index in [9.17, 15) is 24.0 Å². The molecular formula is C42H58N6O5. The molecule has 11 nitrogen and oxygen atoms in total. The van der Waals surface area contributed by atoms with Gasteiger partial charge in [0.25, 0.3) is 0 Å². The zero-order valence-corrected chi connectivity index (χ0v) is 32.9. The van der Waals surface area contributed by atoms with Gasteiger partial charge in [0, 0.05) is 94.6 Å². The predicted octanol–water partition coefficient (Wildman–Crippen LogP) is 6.12. The Morgan fingerprint density at radius 3 is 1.83 bits per heavy atom. The summed E-state index contributed by atoms with van der Waals surface area (Å²) in [6.45, 7) is 20.3. The number of carbonyl (C=O) groups excluding carboxylic acids is 5. The molecule has 2 N–H and O–H groups in total. The first-order chi connectivity index (χ1) is 25.2. The third-order valence-corrected chi connectivity index (χ3v) is 8.52. The summed E-state index contributed by atoms with van der Waals surface area (Å²) in [6.07, 6.45) is 9.93. The number of hydrogen-bond donors (Lipinski definition) is 2. The quantitative estimate of drug-likeness (QED) is 0.149. The second kappa shape index (κ2) is 24.0. The van der Waals surface area contributed by atoms with Crippen molar-refractivity contribution in [2.45, 2.75) is 92.4 Å². The van der Waals surface area contributed by atoms with Gasteiger partial charge in [-0.3, -0.25) is 29.1 Å². The van der Waals surface area contributed by atoms with Crippen LogP contribution in [-0.2, 0) is 56.7 Å². The molecule has 0 aliphatic heterocycles. The van der Waals surface area contributed by atoms with Crippen LogP contribution in [0.1, 0.15) is 104 Å². The van der Waals surface area contributed by atoms with Crippen molar-refractivity contribution < 1.29 is 24.0 Å². The lowest BCUT2D eigenvalue weighted by Crippen LogP contribution is -2.34. The number of rotatable bonds is 18. The standard InChI is InChI=1S/C16H21NO2.C15H20N2O2.C11H17N3O/c1-4-13-10-14(7-6-12(3)18)17-15(11-13)8-9-16(19)5-2;1-5-11-7-10(3)17-12(8-11)9-13(14(18)6-2)15(19)16-4;1-5-10-13-9(8(2)14(10)4)6-7-11(15)12-3/h4,10-11H,1,5-9H2,2-3H3;5,7-8,13H,1,6,9H2,2-4H3,(H,16,19);5H,1,6-7H2,2-4H3,(H,12,15). The summed E-state index contributed by atoms with van der Waals surface area (Å²) in [6, 6.07) is 7.67. The first kappa shape index (κ1) is 45.7. The molecule has 3 heterocycles. The van der Waals surface area contributed by atoms with Gasteiger partial charge in [0.2, 0.25) is 11.8 Å². The molecule has 0 aliphatic carbocycles. The number of hydrogen-bond acceptors (Lipinski definition) is 8. The van der Waals surface area contributed by atoms with Crippen LogP contribution in [0.5, 0.6) is 0 Å². The molecule has 0 spiro atoms. The van der Waals surface area contributed by atoms with E-state index >= 15 is 0 Å². The van der Waals surface area contributed by atoms with Crippen LogP contribution >= 0.6 is 0 Å². The highest BCUT2D eigenvalue weighted by molar-refractivity contribution is 6.01. The van der Waals surface area contributed by atoms with Gasteiger partial charge in [0.05, 0.1) is 5.69 Å². The van der Waals surface area contributed by atoms with Crippen molar-refractivity contribution in [3.05, 3.63) is 95.1 Å². The van der Waals surface area contributed by atoms with E-state index in [2.05, 4.69) is 45.3 Å². The van der Waals surface area contributed by atoms with Crippen LogP contribution < -0.4 is 10.6 Å². The largest absolute Gasteiger partial charge is 0.359 e. The number of nitrogens with zero attached hydrogens (tertiary/aromatic N) is 4. The van der Waals surface area contributed by atoms with E-state index in [0.29, 0.717) is 57.8 Å². The molecule has 3 aromatic rings. The lowest BCUT2D eigenvalue weighted by atomic mass is 9.94. The maximum absolute atomic E-state index is 11.8. The van der Waals surface area contributed by atoms with Crippen LogP contribution in [-0.4, -0.2) is 62.8 Å². The molecule has 0 radical (unpaired) electrons. The zero-order chi connectivity index (χ0) is 40.1. The Labute approximate surface area is 315 Å². The average Bonchev–Trinajstić information content (AvgIpc) is 3.44. The number of imidazole rings is 1. The molecule has 0 aromatic carbocycles. The molecule has 1 unspecified atom stereocenters. The Bertz CT molecular complexity index is 1740. The van der Waals surface area contributed by atoms with Crippen molar-refractivity contribution in [2.75, 3.05) is 14.1 Å². The molecule has 3 rings (SSSR count). The third-order valence-electron chi connectivity index (χ3n) is 8.52. The summed E-state index contributed by atoms with van der Waals surface area (Å²) in [5.41, 5.74) is 7.39. The van der Waals surface area contributed by atoms with Gasteiger partial charge in [-0.2, -0.15) is 0 Å². The molecule has 0 aliphatic rings. The van der Waals surface area contributed by atoms with E-state index in [1.54, 1.807) is 39.1 Å². The summed E-state index contributed by atoms with van der Waals surface area (Å²) in [5.74, 6) is 0.310. The van der Waals surface area contributed by atoms with Crippen molar-refractivity contribution in [3.8, 4) is 0 Å². The van der Waals surface area contributed by atoms with Gasteiger partial charge in [-0.1, -0.05) is 45.7 Å². The Morgan fingerprint density at radius 2 is 1.34 bits per heavy atom. The first-order valence-corrected chi connectivity index (χ1v) is 18.0. The van der Waals surface area contributed by atoms with Gasteiger partial charge in [0.1, 0.15) is 29.1 Å². The van der Waals surface area contributed by atoms with Gasteiger partial charge in [-0.15, -0.1) is 0 Å². The number of carbonyl (C=O) groups is 5. The van der Waals surface area contributed by atoms with Crippen LogP contribution in [0.25, 0.3) is 18.2 Å². The highest BCUT2D eigenvalue weighted by Crippen LogP contribution is 2.15. The predicted molar refractivity (Wildman–Crippen MR) is 213 cm³/mol. The minimum Gasteiger partial charge on any atom is -0.359 e. The third kappa shape index (κ3) is 16.3. The van der Waals surface area contributed by atoms with Crippen LogP contribution in [0.15, 0.2) is 44.0 Å².